The number of aromatic nitrogens is 2. The van der Waals surface area contributed by atoms with Crippen LogP contribution in [0, 0.1) is 0 Å². The molecule has 0 bridgehead atoms. The second-order valence-corrected chi connectivity index (χ2v) is 10.4. The van der Waals surface area contributed by atoms with Gasteiger partial charge in [0.2, 0.25) is 0 Å². The SMILES string of the molecule is CCCCCCCCCCCCn1c(CCCCCNC(=O)c2ccc(Cl)cc2)nc2ccccc21. The average molecular weight is 510 g/mol. The molecule has 4 nitrogen and oxygen atoms in total. The fourth-order valence-corrected chi connectivity index (χ4v) is 4.94. The fourth-order valence-electron chi connectivity index (χ4n) is 4.81. The van der Waals surface area contributed by atoms with Gasteiger partial charge < -0.3 is 9.88 Å². The Balaban J connectivity index is 1.36. The Morgan fingerprint density at radius 1 is 0.806 bits per heavy atom. The highest BCUT2D eigenvalue weighted by Crippen LogP contribution is 2.20. The fraction of sp³-hybridized carbons (Fsp3) is 0.548. The molecular weight excluding hydrogens is 466 g/mol. The van der Waals surface area contributed by atoms with Gasteiger partial charge in [-0.25, -0.2) is 4.98 Å². The van der Waals surface area contributed by atoms with Crippen molar-refractivity contribution in [2.75, 3.05) is 6.54 Å². The van der Waals surface area contributed by atoms with Gasteiger partial charge in [0, 0.05) is 30.1 Å². The zero-order chi connectivity index (χ0) is 25.4. The molecule has 0 atom stereocenters. The maximum atomic E-state index is 12.2. The topological polar surface area (TPSA) is 46.9 Å². The number of hydrogen-bond donors (Lipinski definition) is 1. The number of fused-ring (bicyclic) bond motifs is 1. The van der Waals surface area contributed by atoms with Gasteiger partial charge >= 0.3 is 0 Å². The van der Waals surface area contributed by atoms with Crippen molar-refractivity contribution in [3.63, 3.8) is 0 Å². The lowest BCUT2D eigenvalue weighted by molar-refractivity contribution is 0.0953. The van der Waals surface area contributed by atoms with E-state index in [-0.39, 0.29) is 5.91 Å². The van der Waals surface area contributed by atoms with Crippen molar-refractivity contribution < 1.29 is 4.79 Å². The highest BCUT2D eigenvalue weighted by molar-refractivity contribution is 6.30. The van der Waals surface area contributed by atoms with Crippen molar-refractivity contribution in [3.8, 4) is 0 Å². The summed E-state index contributed by atoms with van der Waals surface area (Å²) in [6.45, 7) is 4.03. The smallest absolute Gasteiger partial charge is 0.251 e. The summed E-state index contributed by atoms with van der Waals surface area (Å²) in [6.07, 6.45) is 17.7. The maximum absolute atomic E-state index is 12.2. The average Bonchev–Trinajstić information content (AvgIpc) is 3.24. The van der Waals surface area contributed by atoms with E-state index in [1.807, 2.05) is 0 Å². The third-order valence-electron chi connectivity index (χ3n) is 6.94. The number of para-hydroxylation sites is 2. The number of nitrogens with zero attached hydrogens (tertiary/aromatic N) is 2. The highest BCUT2D eigenvalue weighted by Gasteiger charge is 2.10. The van der Waals surface area contributed by atoms with Crippen LogP contribution in [0.3, 0.4) is 0 Å². The molecule has 1 heterocycles. The summed E-state index contributed by atoms with van der Waals surface area (Å²) in [5.74, 6) is 1.17. The van der Waals surface area contributed by atoms with E-state index in [9.17, 15) is 4.79 Å². The Hall–Kier alpha value is -2.33. The number of aryl methyl sites for hydroxylation is 2. The molecule has 0 saturated carbocycles. The first-order chi connectivity index (χ1) is 17.7. The number of imidazole rings is 1. The molecule has 36 heavy (non-hydrogen) atoms. The molecule has 5 heteroatoms. The summed E-state index contributed by atoms with van der Waals surface area (Å²) in [4.78, 5) is 17.2. The number of rotatable bonds is 18. The van der Waals surface area contributed by atoms with E-state index >= 15 is 0 Å². The molecule has 0 aliphatic rings. The Kier molecular flexibility index (Phi) is 12.9. The van der Waals surface area contributed by atoms with Crippen molar-refractivity contribution >= 4 is 28.5 Å². The van der Waals surface area contributed by atoms with Gasteiger partial charge in [-0.2, -0.15) is 0 Å². The molecular formula is C31H44ClN3O. The zero-order valence-electron chi connectivity index (χ0n) is 22.1. The monoisotopic (exact) mass is 509 g/mol. The van der Waals surface area contributed by atoms with Crippen molar-refractivity contribution in [3.05, 3.63) is 64.9 Å². The van der Waals surface area contributed by atoms with Crippen molar-refractivity contribution in [1.82, 2.24) is 14.9 Å². The molecule has 0 radical (unpaired) electrons. The first-order valence-corrected chi connectivity index (χ1v) is 14.5. The van der Waals surface area contributed by atoms with Gasteiger partial charge in [0.25, 0.3) is 5.91 Å². The zero-order valence-corrected chi connectivity index (χ0v) is 22.9. The van der Waals surface area contributed by atoms with Crippen LogP contribution in [-0.2, 0) is 13.0 Å². The quantitative estimate of drug-likeness (QED) is 0.174. The van der Waals surface area contributed by atoms with Crippen molar-refractivity contribution in [2.45, 2.75) is 103 Å². The lowest BCUT2D eigenvalue weighted by Crippen LogP contribution is -2.24. The normalized spacial score (nSPS) is 11.3. The minimum atomic E-state index is -0.0371. The molecule has 196 valence electrons. The number of halogens is 1. The van der Waals surface area contributed by atoms with Gasteiger partial charge in [0.15, 0.2) is 0 Å². The van der Waals surface area contributed by atoms with E-state index in [0.717, 1.165) is 37.7 Å². The second kappa shape index (κ2) is 16.4. The summed E-state index contributed by atoms with van der Waals surface area (Å²) in [5.41, 5.74) is 3.02. The van der Waals surface area contributed by atoms with Crippen LogP contribution in [0.2, 0.25) is 5.02 Å². The van der Waals surface area contributed by atoms with E-state index in [0.29, 0.717) is 17.1 Å². The van der Waals surface area contributed by atoms with Gasteiger partial charge in [-0.3, -0.25) is 4.79 Å². The number of unbranched alkanes of at least 4 members (excludes halogenated alkanes) is 11. The largest absolute Gasteiger partial charge is 0.352 e. The lowest BCUT2D eigenvalue weighted by atomic mass is 10.1. The number of carbonyl (C=O) groups excluding carboxylic acids is 1. The first kappa shape index (κ1) is 28.2. The van der Waals surface area contributed by atoms with Gasteiger partial charge in [0.1, 0.15) is 5.82 Å². The molecule has 1 amide bonds. The van der Waals surface area contributed by atoms with Crippen molar-refractivity contribution in [1.29, 1.82) is 0 Å². The van der Waals surface area contributed by atoms with Gasteiger partial charge in [-0.1, -0.05) is 94.9 Å². The maximum Gasteiger partial charge on any atom is 0.251 e. The third-order valence-corrected chi connectivity index (χ3v) is 7.19. The number of amides is 1. The number of nitrogens with one attached hydrogen (secondary N) is 1. The minimum Gasteiger partial charge on any atom is -0.352 e. The number of carbonyl (C=O) groups is 1. The highest BCUT2D eigenvalue weighted by atomic mass is 35.5. The summed E-state index contributed by atoms with van der Waals surface area (Å²) < 4.78 is 2.45. The molecule has 1 aromatic heterocycles. The standard InChI is InChI=1S/C31H44ClN3O/c1-2-3-4-5-6-7-8-9-10-16-25-35-29-18-14-13-17-28(29)34-30(35)19-12-11-15-24-33-31(36)26-20-22-27(32)23-21-26/h13-14,17-18,20-23H,2-12,15-16,19,24-25H2,1H3,(H,33,36). The molecule has 0 aliphatic carbocycles. The molecule has 0 saturated heterocycles. The van der Waals surface area contributed by atoms with Crippen LogP contribution < -0.4 is 5.32 Å². The Morgan fingerprint density at radius 3 is 2.17 bits per heavy atom. The van der Waals surface area contributed by atoms with E-state index in [1.54, 1.807) is 24.3 Å². The summed E-state index contributed by atoms with van der Waals surface area (Å²) in [6, 6.07) is 15.5. The predicted molar refractivity (Wildman–Crippen MR) is 153 cm³/mol. The van der Waals surface area contributed by atoms with Crippen LogP contribution in [0.1, 0.15) is 107 Å². The predicted octanol–water partition coefficient (Wildman–Crippen LogP) is 8.75. The second-order valence-electron chi connectivity index (χ2n) is 9.92. The van der Waals surface area contributed by atoms with Crippen LogP contribution in [0.15, 0.2) is 48.5 Å². The molecule has 3 aromatic rings. The Labute approximate surface area is 222 Å². The summed E-state index contributed by atoms with van der Waals surface area (Å²) in [7, 11) is 0. The summed E-state index contributed by atoms with van der Waals surface area (Å²) >= 11 is 5.90. The molecule has 1 N–H and O–H groups in total. The van der Waals surface area contributed by atoms with Crippen LogP contribution in [0.5, 0.6) is 0 Å². The van der Waals surface area contributed by atoms with Gasteiger partial charge in [-0.05, 0) is 55.7 Å². The molecule has 0 fully saturated rings. The van der Waals surface area contributed by atoms with Crippen molar-refractivity contribution in [2.24, 2.45) is 0 Å². The van der Waals surface area contributed by atoms with Gasteiger partial charge in [0.05, 0.1) is 11.0 Å². The first-order valence-electron chi connectivity index (χ1n) is 14.2. The minimum absolute atomic E-state index is 0.0371. The van der Waals surface area contributed by atoms with Crippen LogP contribution in [0.4, 0.5) is 0 Å². The Morgan fingerprint density at radius 2 is 1.44 bits per heavy atom. The van der Waals surface area contributed by atoms with Gasteiger partial charge in [-0.15, -0.1) is 0 Å². The van der Waals surface area contributed by atoms with E-state index < -0.39 is 0 Å². The summed E-state index contributed by atoms with van der Waals surface area (Å²) in [5, 5.41) is 3.65. The van der Waals surface area contributed by atoms with E-state index in [2.05, 4.69) is 41.1 Å². The van der Waals surface area contributed by atoms with Crippen LogP contribution in [0.25, 0.3) is 11.0 Å². The van der Waals surface area contributed by atoms with Crippen LogP contribution >= 0.6 is 11.6 Å². The van der Waals surface area contributed by atoms with E-state index in [1.165, 1.54) is 75.5 Å². The lowest BCUT2D eigenvalue weighted by Gasteiger charge is -2.10. The molecule has 0 aliphatic heterocycles. The molecule has 0 unspecified atom stereocenters. The Bertz CT molecular complexity index is 1030. The van der Waals surface area contributed by atoms with E-state index in [4.69, 9.17) is 16.6 Å². The molecule has 2 aromatic carbocycles. The van der Waals surface area contributed by atoms with Crippen LogP contribution in [-0.4, -0.2) is 22.0 Å². The number of benzene rings is 2. The molecule has 0 spiro atoms. The third kappa shape index (κ3) is 9.61. The number of hydrogen-bond acceptors (Lipinski definition) is 2. The molecule has 3 rings (SSSR count).